The number of carbonyl (C=O) groups excluding carboxylic acids is 2. The summed E-state index contributed by atoms with van der Waals surface area (Å²) in [5.74, 6) is -3.47. The van der Waals surface area contributed by atoms with Gasteiger partial charge in [0.15, 0.2) is 5.78 Å². The second-order valence-corrected chi connectivity index (χ2v) is 8.15. The molecule has 0 saturated carbocycles. The molecule has 2 aliphatic heterocycles. The first kappa shape index (κ1) is 19.5. The van der Waals surface area contributed by atoms with Crippen LogP contribution in [-0.4, -0.2) is 59.8 Å². The van der Waals surface area contributed by atoms with Gasteiger partial charge in [0.2, 0.25) is 0 Å². The van der Waals surface area contributed by atoms with Gasteiger partial charge in [-0.1, -0.05) is 24.3 Å². The van der Waals surface area contributed by atoms with Crippen molar-refractivity contribution in [3.63, 3.8) is 0 Å². The third-order valence-electron chi connectivity index (χ3n) is 5.73. The Balaban J connectivity index is 1.55. The topological polar surface area (TPSA) is 79.3 Å². The van der Waals surface area contributed by atoms with E-state index in [9.17, 15) is 14.7 Å². The van der Waals surface area contributed by atoms with Gasteiger partial charge < -0.3 is 19.5 Å². The number of piperazine rings is 1. The van der Waals surface area contributed by atoms with Gasteiger partial charge in [0, 0.05) is 51.8 Å². The first-order chi connectivity index (χ1) is 13.8. The molecule has 2 atom stereocenters. The van der Waals surface area contributed by atoms with Crippen LogP contribution in [0.5, 0.6) is 0 Å². The number of ether oxygens (including phenoxy) is 2. The summed E-state index contributed by atoms with van der Waals surface area (Å²) in [6.07, 6.45) is 1.89. The van der Waals surface area contributed by atoms with Gasteiger partial charge in [0.1, 0.15) is 5.57 Å². The van der Waals surface area contributed by atoms with Crippen LogP contribution in [0.25, 0.3) is 0 Å². The first-order valence-electron chi connectivity index (χ1n) is 9.89. The van der Waals surface area contributed by atoms with Gasteiger partial charge in [-0.2, -0.15) is 0 Å². The van der Waals surface area contributed by atoms with E-state index in [0.29, 0.717) is 5.57 Å². The Morgan fingerprint density at radius 1 is 1.03 bits per heavy atom. The van der Waals surface area contributed by atoms with Crippen molar-refractivity contribution >= 4 is 17.4 Å². The largest absolute Gasteiger partial charge is 0.480 e. The third-order valence-corrected chi connectivity index (χ3v) is 5.73. The van der Waals surface area contributed by atoms with E-state index in [-0.39, 0.29) is 17.4 Å². The lowest BCUT2D eigenvalue weighted by atomic mass is 9.89. The van der Waals surface area contributed by atoms with Gasteiger partial charge in [0.05, 0.1) is 5.92 Å². The monoisotopic (exact) mass is 398 g/mol. The number of para-hydroxylation sites is 1. The van der Waals surface area contributed by atoms with Gasteiger partial charge in [-0.3, -0.25) is 9.69 Å². The fraction of sp³-hybridized carbons (Fsp3) is 0.455. The van der Waals surface area contributed by atoms with Crippen LogP contribution in [-0.2, 0) is 19.1 Å². The first-order valence-corrected chi connectivity index (χ1v) is 9.89. The summed E-state index contributed by atoms with van der Waals surface area (Å²) in [6, 6.07) is 9.89. The van der Waals surface area contributed by atoms with Gasteiger partial charge in [-0.15, -0.1) is 0 Å². The predicted molar refractivity (Wildman–Crippen MR) is 107 cm³/mol. The number of anilines is 1. The Hall–Kier alpha value is -2.80. The molecule has 3 aliphatic rings. The standard InChI is InChI=1S/C22H26N2O5/c1-14-13-16(24-11-9-23(10-12-24)15-7-5-4-6-8-15)17(19(14)25)18-20(26)28-22(2,3)29-21(18)27/h4-8,13,16-17,26H,9-12H2,1-3H3/t16-,17+/m0/s1. The van der Waals surface area contributed by atoms with Crippen LogP contribution in [0.1, 0.15) is 20.8 Å². The van der Waals surface area contributed by atoms with Crippen LogP contribution in [0.4, 0.5) is 5.69 Å². The molecule has 2 heterocycles. The molecular formula is C22H26N2O5. The molecule has 0 aromatic heterocycles. The van der Waals surface area contributed by atoms with E-state index >= 15 is 0 Å². The number of benzene rings is 1. The number of aliphatic hydroxyl groups excluding tert-OH is 1. The minimum absolute atomic E-state index is 0.0853. The van der Waals surface area contributed by atoms with Crippen molar-refractivity contribution in [1.29, 1.82) is 0 Å². The average molecular weight is 398 g/mol. The van der Waals surface area contributed by atoms with Crippen molar-refractivity contribution in [3.05, 3.63) is 53.5 Å². The molecular weight excluding hydrogens is 372 g/mol. The number of rotatable bonds is 3. The van der Waals surface area contributed by atoms with Gasteiger partial charge >= 0.3 is 5.97 Å². The highest BCUT2D eigenvalue weighted by atomic mass is 16.8. The normalized spacial score (nSPS) is 27.6. The van der Waals surface area contributed by atoms with Crippen molar-refractivity contribution < 1.29 is 24.2 Å². The molecule has 1 aromatic rings. The molecule has 1 fully saturated rings. The quantitative estimate of drug-likeness (QED) is 0.783. The Labute approximate surface area is 170 Å². The summed E-state index contributed by atoms with van der Waals surface area (Å²) in [5, 5.41) is 10.4. The Morgan fingerprint density at radius 3 is 2.31 bits per heavy atom. The van der Waals surface area contributed by atoms with Crippen molar-refractivity contribution in [2.45, 2.75) is 32.6 Å². The molecule has 0 radical (unpaired) electrons. The number of carbonyl (C=O) groups is 2. The number of hydrogen-bond acceptors (Lipinski definition) is 7. The van der Waals surface area contributed by atoms with E-state index in [1.807, 2.05) is 24.3 Å². The second kappa shape index (κ2) is 7.22. The second-order valence-electron chi connectivity index (χ2n) is 8.15. The van der Waals surface area contributed by atoms with Crippen LogP contribution in [0.15, 0.2) is 53.5 Å². The summed E-state index contributed by atoms with van der Waals surface area (Å²) in [5.41, 5.74) is 1.67. The van der Waals surface area contributed by atoms with Crippen LogP contribution < -0.4 is 4.90 Å². The number of ketones is 1. The summed E-state index contributed by atoms with van der Waals surface area (Å²) in [7, 11) is 0. The molecule has 154 valence electrons. The Kier molecular flexibility index (Phi) is 4.86. The number of cyclic esters (lactones) is 1. The zero-order valence-corrected chi connectivity index (χ0v) is 16.9. The molecule has 4 rings (SSSR count). The Bertz CT molecular complexity index is 882. The predicted octanol–water partition coefficient (Wildman–Crippen LogP) is 2.40. The minimum atomic E-state index is -1.26. The number of hydrogen-bond donors (Lipinski definition) is 1. The maximum atomic E-state index is 12.9. The third kappa shape index (κ3) is 3.62. The molecule has 1 aromatic carbocycles. The van der Waals surface area contributed by atoms with Gasteiger partial charge in [0.25, 0.3) is 11.7 Å². The number of aliphatic hydroxyl groups is 1. The van der Waals surface area contributed by atoms with Crippen molar-refractivity contribution in [2.24, 2.45) is 5.92 Å². The van der Waals surface area contributed by atoms with E-state index < -0.39 is 23.6 Å². The molecule has 7 heteroatoms. The highest BCUT2D eigenvalue weighted by molar-refractivity contribution is 6.07. The average Bonchev–Trinajstić information content (AvgIpc) is 2.96. The lowest BCUT2D eigenvalue weighted by Gasteiger charge is -2.41. The zero-order chi connectivity index (χ0) is 20.8. The van der Waals surface area contributed by atoms with Gasteiger partial charge in [-0.25, -0.2) is 4.79 Å². The minimum Gasteiger partial charge on any atom is -0.480 e. The van der Waals surface area contributed by atoms with Gasteiger partial charge in [-0.05, 0) is 24.6 Å². The van der Waals surface area contributed by atoms with E-state index in [4.69, 9.17) is 9.47 Å². The van der Waals surface area contributed by atoms with Crippen molar-refractivity contribution in [1.82, 2.24) is 4.90 Å². The van der Waals surface area contributed by atoms with Crippen LogP contribution in [0, 0.1) is 5.92 Å². The number of allylic oxidation sites excluding steroid dienone is 1. The molecule has 0 unspecified atom stereocenters. The molecule has 1 N–H and O–H groups in total. The van der Waals surface area contributed by atoms with Crippen molar-refractivity contribution in [3.8, 4) is 0 Å². The highest BCUT2D eigenvalue weighted by Gasteiger charge is 2.49. The Morgan fingerprint density at radius 2 is 1.69 bits per heavy atom. The smallest absolute Gasteiger partial charge is 0.345 e. The zero-order valence-electron chi connectivity index (χ0n) is 16.9. The lowest BCUT2D eigenvalue weighted by Crippen LogP contribution is -2.53. The van der Waals surface area contributed by atoms with Crippen LogP contribution in [0.2, 0.25) is 0 Å². The SMILES string of the molecule is CC1=C[C@H](N2CCN(c3ccccc3)CC2)[C@H](C2=C(O)OC(C)(C)OC2=O)C1=O. The molecule has 29 heavy (non-hydrogen) atoms. The number of esters is 1. The molecule has 0 spiro atoms. The summed E-state index contributed by atoms with van der Waals surface area (Å²) in [4.78, 5) is 30.0. The molecule has 1 saturated heterocycles. The van der Waals surface area contributed by atoms with Crippen LogP contribution >= 0.6 is 0 Å². The molecule has 0 bridgehead atoms. The van der Waals surface area contributed by atoms with E-state index in [1.54, 1.807) is 6.92 Å². The van der Waals surface area contributed by atoms with E-state index in [0.717, 1.165) is 26.2 Å². The van der Waals surface area contributed by atoms with E-state index in [1.165, 1.54) is 19.5 Å². The van der Waals surface area contributed by atoms with E-state index in [2.05, 4.69) is 21.9 Å². The molecule has 7 nitrogen and oxygen atoms in total. The number of nitrogens with zero attached hydrogens (tertiary/aromatic N) is 2. The number of Topliss-reactive ketones (excluding diaryl/α,β-unsaturated/α-hetero) is 1. The fourth-order valence-corrected chi connectivity index (χ4v) is 4.30. The highest BCUT2D eigenvalue weighted by Crippen LogP contribution is 2.38. The summed E-state index contributed by atoms with van der Waals surface area (Å²) < 4.78 is 10.6. The molecule has 0 amide bonds. The van der Waals surface area contributed by atoms with Crippen LogP contribution in [0.3, 0.4) is 0 Å². The maximum Gasteiger partial charge on any atom is 0.345 e. The molecule has 1 aliphatic carbocycles. The maximum absolute atomic E-state index is 12.9. The van der Waals surface area contributed by atoms with Crippen molar-refractivity contribution in [2.75, 3.05) is 31.1 Å². The lowest BCUT2D eigenvalue weighted by molar-refractivity contribution is -0.223. The fourth-order valence-electron chi connectivity index (χ4n) is 4.30. The summed E-state index contributed by atoms with van der Waals surface area (Å²) >= 11 is 0. The summed E-state index contributed by atoms with van der Waals surface area (Å²) in [6.45, 7) is 7.92.